The monoisotopic (exact) mass is 359 g/mol. The summed E-state index contributed by atoms with van der Waals surface area (Å²) in [6.45, 7) is 4.08. The summed E-state index contributed by atoms with van der Waals surface area (Å²) in [6.07, 6.45) is 3.70. The number of carbonyl (C=O) groups is 3. The van der Waals surface area contributed by atoms with Gasteiger partial charge in [-0.2, -0.15) is 0 Å². The molecule has 1 aliphatic heterocycles. The van der Waals surface area contributed by atoms with E-state index in [-0.39, 0.29) is 17.8 Å². The molecule has 0 aliphatic carbocycles. The number of piperidine rings is 1. The molecule has 4 N–H and O–H groups in total. The Morgan fingerprint density at radius 3 is 2.88 bits per heavy atom. The molecule has 0 saturated carbocycles. The molecule has 1 aliphatic rings. The molecular weight excluding hydrogens is 338 g/mol. The number of anilines is 1. The minimum Gasteiger partial charge on any atom is -0.422 e. The highest BCUT2D eigenvalue weighted by Crippen LogP contribution is 2.22. The summed E-state index contributed by atoms with van der Waals surface area (Å²) in [6, 6.07) is 2.42. The average molecular weight is 359 g/mol. The lowest BCUT2D eigenvalue weighted by atomic mass is 10.0. The number of nitrogens with one attached hydrogen (secondary N) is 4. The largest absolute Gasteiger partial charge is 0.422 e. The highest BCUT2D eigenvalue weighted by atomic mass is 16.4. The predicted octanol–water partition coefficient (Wildman–Crippen LogP) is 0.680. The van der Waals surface area contributed by atoms with Crippen molar-refractivity contribution in [2.75, 3.05) is 11.9 Å². The standard InChI is InChI=1S/C17H21N5O4/c1-9(2)13(15(24)21-11-5-7-19-16(25)14(11)23)22-17-20-8-12(26-17)10-4-3-6-18-10/h3-4,6,8-9,11,13,18H,5,7H2,1-2H3,(H,19,25)(H,20,22)(H,21,24). The number of carbonyl (C=O) groups excluding carboxylic acids is 3. The van der Waals surface area contributed by atoms with E-state index in [1.54, 1.807) is 12.4 Å². The first kappa shape index (κ1) is 17.7. The second kappa shape index (κ2) is 7.42. The van der Waals surface area contributed by atoms with Gasteiger partial charge in [-0.05, 0) is 24.5 Å². The summed E-state index contributed by atoms with van der Waals surface area (Å²) in [5.74, 6) is -1.23. The molecule has 138 valence electrons. The van der Waals surface area contributed by atoms with Crippen LogP contribution in [0.3, 0.4) is 0 Å². The van der Waals surface area contributed by atoms with E-state index in [0.717, 1.165) is 5.69 Å². The van der Waals surface area contributed by atoms with Crippen molar-refractivity contribution in [2.24, 2.45) is 5.92 Å². The van der Waals surface area contributed by atoms with Crippen molar-refractivity contribution in [3.8, 4) is 11.5 Å². The van der Waals surface area contributed by atoms with Crippen LogP contribution < -0.4 is 16.0 Å². The summed E-state index contributed by atoms with van der Waals surface area (Å²) in [5.41, 5.74) is 0.773. The van der Waals surface area contributed by atoms with E-state index < -0.39 is 23.8 Å². The van der Waals surface area contributed by atoms with Gasteiger partial charge >= 0.3 is 0 Å². The molecule has 0 bridgehead atoms. The van der Waals surface area contributed by atoms with Gasteiger partial charge in [-0.3, -0.25) is 14.4 Å². The third-order valence-corrected chi connectivity index (χ3v) is 4.17. The normalized spacial score (nSPS) is 18.5. The van der Waals surface area contributed by atoms with Crippen molar-refractivity contribution in [1.29, 1.82) is 0 Å². The van der Waals surface area contributed by atoms with Crippen molar-refractivity contribution in [2.45, 2.75) is 32.4 Å². The van der Waals surface area contributed by atoms with Gasteiger partial charge in [0.15, 0.2) is 5.76 Å². The van der Waals surface area contributed by atoms with Crippen molar-refractivity contribution in [3.63, 3.8) is 0 Å². The van der Waals surface area contributed by atoms with Crippen molar-refractivity contribution in [1.82, 2.24) is 20.6 Å². The fourth-order valence-electron chi connectivity index (χ4n) is 2.72. The maximum atomic E-state index is 12.6. The summed E-state index contributed by atoms with van der Waals surface area (Å²) < 4.78 is 5.62. The highest BCUT2D eigenvalue weighted by molar-refractivity contribution is 6.39. The van der Waals surface area contributed by atoms with Crippen molar-refractivity contribution in [3.05, 3.63) is 24.5 Å². The molecule has 9 nitrogen and oxygen atoms in total. The van der Waals surface area contributed by atoms with Crippen LogP contribution in [-0.4, -0.2) is 46.2 Å². The fraction of sp³-hybridized carbons (Fsp3) is 0.412. The first-order valence-electron chi connectivity index (χ1n) is 8.44. The Kier molecular flexibility index (Phi) is 5.06. The van der Waals surface area contributed by atoms with Crippen LogP contribution in [0.25, 0.3) is 11.5 Å². The van der Waals surface area contributed by atoms with E-state index in [2.05, 4.69) is 25.9 Å². The van der Waals surface area contributed by atoms with Crippen LogP contribution in [0, 0.1) is 5.92 Å². The van der Waals surface area contributed by atoms with Crippen LogP contribution in [0.15, 0.2) is 28.9 Å². The molecule has 9 heteroatoms. The molecule has 3 heterocycles. The summed E-state index contributed by atoms with van der Waals surface area (Å²) in [4.78, 5) is 43.1. The topological polar surface area (TPSA) is 129 Å². The van der Waals surface area contributed by atoms with E-state index in [1.807, 2.05) is 26.0 Å². The maximum Gasteiger partial charge on any atom is 0.295 e. The minimum absolute atomic E-state index is 0.0941. The van der Waals surface area contributed by atoms with Gasteiger partial charge in [-0.25, -0.2) is 4.98 Å². The van der Waals surface area contributed by atoms with Gasteiger partial charge in [0.25, 0.3) is 11.9 Å². The molecule has 2 aromatic rings. The Morgan fingerprint density at radius 1 is 1.38 bits per heavy atom. The first-order valence-corrected chi connectivity index (χ1v) is 8.44. The lowest BCUT2D eigenvalue weighted by Gasteiger charge is -2.26. The predicted molar refractivity (Wildman–Crippen MR) is 93.1 cm³/mol. The van der Waals surface area contributed by atoms with Crippen LogP contribution in [0.5, 0.6) is 0 Å². The minimum atomic E-state index is -0.807. The maximum absolute atomic E-state index is 12.6. The molecule has 0 spiro atoms. The number of ketones is 1. The summed E-state index contributed by atoms with van der Waals surface area (Å²) in [7, 11) is 0. The Balaban J connectivity index is 1.68. The Labute approximate surface area is 149 Å². The van der Waals surface area contributed by atoms with Gasteiger partial charge in [0.05, 0.1) is 17.9 Å². The zero-order valence-corrected chi connectivity index (χ0v) is 14.5. The zero-order valence-electron chi connectivity index (χ0n) is 14.5. The molecule has 0 radical (unpaired) electrons. The number of oxazole rings is 1. The second-order valence-corrected chi connectivity index (χ2v) is 6.45. The SMILES string of the molecule is CC(C)C(Nc1ncc(-c2ccc[nH]2)o1)C(=O)NC1CCNC(=O)C1=O. The van der Waals surface area contributed by atoms with Crippen molar-refractivity contribution >= 4 is 23.6 Å². The quantitative estimate of drug-likeness (QED) is 0.561. The Morgan fingerprint density at radius 2 is 2.19 bits per heavy atom. The molecule has 1 saturated heterocycles. The van der Waals surface area contributed by atoms with E-state index in [1.165, 1.54) is 0 Å². The highest BCUT2D eigenvalue weighted by Gasteiger charge is 2.33. The van der Waals surface area contributed by atoms with Gasteiger partial charge < -0.3 is 25.4 Å². The van der Waals surface area contributed by atoms with Crippen LogP contribution in [0.2, 0.25) is 0 Å². The number of aromatic nitrogens is 2. The van der Waals surface area contributed by atoms with Gasteiger partial charge in [-0.15, -0.1) is 0 Å². The van der Waals surface area contributed by atoms with Gasteiger partial charge in [0.1, 0.15) is 6.04 Å². The lowest BCUT2D eigenvalue weighted by molar-refractivity contribution is -0.141. The number of H-pyrrole nitrogens is 1. The molecule has 2 unspecified atom stereocenters. The molecular formula is C17H21N5O4. The Bertz CT molecular complexity index is 796. The van der Waals surface area contributed by atoms with E-state index >= 15 is 0 Å². The van der Waals surface area contributed by atoms with Crippen LogP contribution in [-0.2, 0) is 14.4 Å². The first-order chi connectivity index (χ1) is 12.5. The van der Waals surface area contributed by atoms with E-state index in [4.69, 9.17) is 4.42 Å². The molecule has 26 heavy (non-hydrogen) atoms. The molecule has 0 aromatic carbocycles. The number of hydrogen-bond donors (Lipinski definition) is 4. The smallest absolute Gasteiger partial charge is 0.295 e. The van der Waals surface area contributed by atoms with E-state index in [0.29, 0.717) is 18.7 Å². The van der Waals surface area contributed by atoms with Crippen LogP contribution in [0.1, 0.15) is 20.3 Å². The van der Waals surface area contributed by atoms with Gasteiger partial charge in [0, 0.05) is 12.7 Å². The zero-order chi connectivity index (χ0) is 18.7. The lowest BCUT2D eigenvalue weighted by Crippen LogP contribution is -2.56. The fourth-order valence-corrected chi connectivity index (χ4v) is 2.72. The number of aromatic amines is 1. The van der Waals surface area contributed by atoms with E-state index in [9.17, 15) is 14.4 Å². The van der Waals surface area contributed by atoms with Crippen LogP contribution >= 0.6 is 0 Å². The number of Topliss-reactive ketones (excluding diaryl/α,β-unsaturated/α-hetero) is 1. The van der Waals surface area contributed by atoms with Crippen LogP contribution in [0.4, 0.5) is 6.01 Å². The van der Waals surface area contributed by atoms with Gasteiger partial charge in [-0.1, -0.05) is 13.8 Å². The second-order valence-electron chi connectivity index (χ2n) is 6.45. The number of amides is 2. The summed E-state index contributed by atoms with van der Waals surface area (Å²) in [5, 5.41) is 8.07. The third kappa shape index (κ3) is 3.76. The Hall–Kier alpha value is -3.10. The number of nitrogens with zero attached hydrogens (tertiary/aromatic N) is 1. The molecule has 2 amide bonds. The summed E-state index contributed by atoms with van der Waals surface area (Å²) >= 11 is 0. The third-order valence-electron chi connectivity index (χ3n) is 4.17. The van der Waals surface area contributed by atoms with Crippen molar-refractivity contribution < 1.29 is 18.8 Å². The number of rotatable bonds is 6. The molecule has 1 fully saturated rings. The number of hydrogen-bond acceptors (Lipinski definition) is 6. The molecule has 3 rings (SSSR count). The molecule has 2 aromatic heterocycles. The average Bonchev–Trinajstić information content (AvgIpc) is 3.27. The molecule has 2 atom stereocenters. The van der Waals surface area contributed by atoms with Gasteiger partial charge in [0.2, 0.25) is 11.7 Å².